The summed E-state index contributed by atoms with van der Waals surface area (Å²) in [6, 6.07) is 0. The van der Waals surface area contributed by atoms with Crippen LogP contribution in [-0.2, 0) is 0 Å². The monoisotopic (exact) mass is 418 g/mol. The third kappa shape index (κ3) is 10.8. The van der Waals surface area contributed by atoms with Crippen molar-refractivity contribution in [2.75, 3.05) is 48.2 Å². The molecule has 0 rings (SSSR count). The quantitative estimate of drug-likeness (QED) is 0.336. The predicted molar refractivity (Wildman–Crippen MR) is 87.7 cm³/mol. The molecule has 0 saturated heterocycles. The SMILES string of the molecule is ClCCC[P+](CCCCl)(CCCCl)CCCCl.[Br-]. The summed E-state index contributed by atoms with van der Waals surface area (Å²) in [5.41, 5.74) is 0. The Labute approximate surface area is 144 Å². The molecule has 0 atom stereocenters. The van der Waals surface area contributed by atoms with Gasteiger partial charge in [-0.2, -0.15) is 0 Å². The second-order valence-electron chi connectivity index (χ2n) is 4.41. The van der Waals surface area contributed by atoms with Crippen LogP contribution in [0.2, 0.25) is 0 Å². The number of hydrogen-bond acceptors (Lipinski definition) is 0. The maximum Gasteiger partial charge on any atom is 0.0605 e. The van der Waals surface area contributed by atoms with Crippen LogP contribution in [0.25, 0.3) is 0 Å². The fraction of sp³-hybridized carbons (Fsp3) is 1.00. The van der Waals surface area contributed by atoms with E-state index in [1.165, 1.54) is 24.6 Å². The molecule has 0 unspecified atom stereocenters. The van der Waals surface area contributed by atoms with E-state index in [4.69, 9.17) is 46.4 Å². The van der Waals surface area contributed by atoms with Crippen molar-refractivity contribution in [3.8, 4) is 0 Å². The Morgan fingerprint density at radius 1 is 0.500 bits per heavy atom. The lowest BCUT2D eigenvalue weighted by molar-refractivity contribution is -0.00000343. The highest BCUT2D eigenvalue weighted by Crippen LogP contribution is 2.60. The van der Waals surface area contributed by atoms with Gasteiger partial charge in [0.05, 0.1) is 24.6 Å². The van der Waals surface area contributed by atoms with Crippen molar-refractivity contribution in [1.82, 2.24) is 0 Å². The molecule has 0 saturated carbocycles. The summed E-state index contributed by atoms with van der Waals surface area (Å²) in [6.45, 7) is 0. The van der Waals surface area contributed by atoms with Gasteiger partial charge in [-0.1, -0.05) is 0 Å². The molecule has 0 nitrogen and oxygen atoms in total. The van der Waals surface area contributed by atoms with Gasteiger partial charge in [0.1, 0.15) is 0 Å². The van der Waals surface area contributed by atoms with E-state index in [1.54, 1.807) is 0 Å². The Bertz CT molecular complexity index is 135. The van der Waals surface area contributed by atoms with Crippen LogP contribution < -0.4 is 17.0 Å². The molecule has 0 aliphatic carbocycles. The van der Waals surface area contributed by atoms with Crippen molar-refractivity contribution < 1.29 is 17.0 Å². The second kappa shape index (κ2) is 15.5. The molecule has 0 spiro atoms. The summed E-state index contributed by atoms with van der Waals surface area (Å²) in [5, 5.41) is 0. The van der Waals surface area contributed by atoms with Crippen LogP contribution in [0.15, 0.2) is 0 Å². The van der Waals surface area contributed by atoms with Gasteiger partial charge < -0.3 is 17.0 Å². The highest BCUT2D eigenvalue weighted by atomic mass is 79.9. The lowest BCUT2D eigenvalue weighted by Crippen LogP contribution is -3.00. The number of rotatable bonds is 12. The van der Waals surface area contributed by atoms with E-state index in [0.717, 1.165) is 49.2 Å². The molecule has 6 heteroatoms. The molecular weight excluding hydrogens is 397 g/mol. The zero-order chi connectivity index (χ0) is 13.0. The summed E-state index contributed by atoms with van der Waals surface area (Å²) in [6.07, 6.45) is 9.68. The molecular formula is C12H24BrCl4P. The minimum absolute atomic E-state index is 0. The van der Waals surface area contributed by atoms with Crippen LogP contribution in [0.1, 0.15) is 25.7 Å². The average Bonchev–Trinajstić information content (AvgIpc) is 2.37. The average molecular weight is 421 g/mol. The maximum absolute atomic E-state index is 5.85. The van der Waals surface area contributed by atoms with Crippen molar-refractivity contribution in [3.63, 3.8) is 0 Å². The van der Waals surface area contributed by atoms with Crippen molar-refractivity contribution in [1.29, 1.82) is 0 Å². The number of hydrogen-bond donors (Lipinski definition) is 0. The first kappa shape index (κ1) is 22.4. The topological polar surface area (TPSA) is 0 Å². The zero-order valence-corrected chi connectivity index (χ0v) is 16.3. The molecule has 0 aliphatic heterocycles. The van der Waals surface area contributed by atoms with Crippen LogP contribution >= 0.6 is 53.7 Å². The molecule has 0 amide bonds. The van der Waals surface area contributed by atoms with Crippen LogP contribution in [-0.4, -0.2) is 48.2 Å². The van der Waals surface area contributed by atoms with E-state index in [-0.39, 0.29) is 17.0 Å². The van der Waals surface area contributed by atoms with E-state index < -0.39 is 7.26 Å². The Kier molecular flexibility index (Phi) is 19.2. The van der Waals surface area contributed by atoms with Gasteiger partial charge in [-0.3, -0.25) is 0 Å². The Morgan fingerprint density at radius 3 is 0.889 bits per heavy atom. The van der Waals surface area contributed by atoms with Crippen LogP contribution in [0.5, 0.6) is 0 Å². The van der Waals surface area contributed by atoms with Crippen molar-refractivity contribution in [2.45, 2.75) is 25.7 Å². The van der Waals surface area contributed by atoms with E-state index in [0.29, 0.717) is 0 Å². The fourth-order valence-corrected chi connectivity index (χ4v) is 8.19. The standard InChI is InChI=1S/C12H24Cl4P.BrH/c13-5-1-9-17(10-2-6-14,11-3-7-15)12-4-8-16;/h1-12H2;1H/q+1;/p-1. The van der Waals surface area contributed by atoms with Gasteiger partial charge in [0.2, 0.25) is 0 Å². The van der Waals surface area contributed by atoms with E-state index in [2.05, 4.69) is 0 Å². The first-order valence-electron chi connectivity index (χ1n) is 6.33. The molecule has 0 fully saturated rings. The molecule has 0 radical (unpaired) electrons. The Morgan fingerprint density at radius 2 is 0.722 bits per heavy atom. The Balaban J connectivity index is 0. The van der Waals surface area contributed by atoms with Crippen LogP contribution in [0.3, 0.4) is 0 Å². The summed E-state index contributed by atoms with van der Waals surface area (Å²) in [4.78, 5) is 0. The normalized spacial score (nSPS) is 11.3. The Hall–Kier alpha value is 2.07. The molecule has 0 aromatic carbocycles. The van der Waals surface area contributed by atoms with Crippen molar-refractivity contribution >= 4 is 53.7 Å². The van der Waals surface area contributed by atoms with Gasteiger partial charge >= 0.3 is 0 Å². The van der Waals surface area contributed by atoms with E-state index >= 15 is 0 Å². The van der Waals surface area contributed by atoms with Crippen molar-refractivity contribution in [3.05, 3.63) is 0 Å². The molecule has 112 valence electrons. The van der Waals surface area contributed by atoms with Gasteiger partial charge in [0, 0.05) is 30.8 Å². The lowest BCUT2D eigenvalue weighted by Gasteiger charge is -2.27. The predicted octanol–water partition coefficient (Wildman–Crippen LogP) is 2.52. The first-order valence-corrected chi connectivity index (χ1v) is 11.0. The molecule has 0 heterocycles. The molecule has 0 aromatic heterocycles. The fourth-order valence-electron chi connectivity index (χ4n) is 2.25. The summed E-state index contributed by atoms with van der Waals surface area (Å²) in [5.74, 6) is 3.07. The third-order valence-corrected chi connectivity index (χ3v) is 9.19. The molecule has 0 aliphatic rings. The lowest BCUT2D eigenvalue weighted by atomic mass is 10.5. The molecule has 0 bridgehead atoms. The van der Waals surface area contributed by atoms with E-state index in [9.17, 15) is 0 Å². The molecule has 18 heavy (non-hydrogen) atoms. The summed E-state index contributed by atoms with van der Waals surface area (Å²) < 4.78 is 0. The molecule has 0 N–H and O–H groups in total. The number of halogens is 5. The van der Waals surface area contributed by atoms with Crippen LogP contribution in [0, 0.1) is 0 Å². The van der Waals surface area contributed by atoms with Gasteiger partial charge in [0.15, 0.2) is 0 Å². The van der Waals surface area contributed by atoms with Gasteiger partial charge in [-0.25, -0.2) is 0 Å². The van der Waals surface area contributed by atoms with Crippen LogP contribution in [0.4, 0.5) is 0 Å². The zero-order valence-electron chi connectivity index (χ0n) is 10.8. The van der Waals surface area contributed by atoms with Crippen molar-refractivity contribution in [2.24, 2.45) is 0 Å². The van der Waals surface area contributed by atoms with Gasteiger partial charge in [-0.15, -0.1) is 46.4 Å². The maximum atomic E-state index is 5.85. The third-order valence-electron chi connectivity index (χ3n) is 3.06. The van der Waals surface area contributed by atoms with E-state index in [1.807, 2.05) is 0 Å². The minimum Gasteiger partial charge on any atom is -1.00 e. The van der Waals surface area contributed by atoms with Gasteiger partial charge in [0.25, 0.3) is 0 Å². The summed E-state index contributed by atoms with van der Waals surface area (Å²) >= 11 is 23.4. The smallest absolute Gasteiger partial charge is 0.0605 e. The second-order valence-corrected chi connectivity index (χ2v) is 10.4. The van der Waals surface area contributed by atoms with Gasteiger partial charge in [-0.05, 0) is 25.7 Å². The highest BCUT2D eigenvalue weighted by Gasteiger charge is 2.34. The number of alkyl halides is 4. The largest absolute Gasteiger partial charge is 1.00 e. The molecule has 0 aromatic rings. The minimum atomic E-state index is -0.900. The summed E-state index contributed by atoms with van der Waals surface area (Å²) in [7, 11) is -0.900. The highest BCUT2D eigenvalue weighted by molar-refractivity contribution is 7.75. The first-order chi connectivity index (χ1) is 8.24.